The minimum absolute atomic E-state index is 0.403. The minimum Gasteiger partial charge on any atom is -0.495 e. The summed E-state index contributed by atoms with van der Waals surface area (Å²) in [6.07, 6.45) is 1.72. The van der Waals surface area contributed by atoms with Crippen LogP contribution in [0.4, 0.5) is 16.2 Å². The highest BCUT2D eigenvalue weighted by atomic mass is 35.5. The average molecular weight is 479 g/mol. The first-order valence-corrected chi connectivity index (χ1v) is 10.8. The number of carbonyl (C=O) groups is 1. The van der Waals surface area contributed by atoms with Gasteiger partial charge in [0.15, 0.2) is 0 Å². The number of hydrogen-bond donors (Lipinski definition) is 2. The summed E-state index contributed by atoms with van der Waals surface area (Å²) in [7, 11) is 1.52. The zero-order valence-corrected chi connectivity index (χ0v) is 19.8. The van der Waals surface area contributed by atoms with Crippen molar-refractivity contribution in [3.05, 3.63) is 77.1 Å². The molecule has 0 aliphatic rings. The van der Waals surface area contributed by atoms with Crippen LogP contribution in [0.15, 0.2) is 54.9 Å². The van der Waals surface area contributed by atoms with Gasteiger partial charge < -0.3 is 20.1 Å². The highest BCUT2D eigenvalue weighted by Crippen LogP contribution is 2.28. The molecule has 2 aromatic heterocycles. The topological polar surface area (TPSA) is 103 Å². The van der Waals surface area contributed by atoms with E-state index in [0.29, 0.717) is 45.4 Å². The van der Waals surface area contributed by atoms with Gasteiger partial charge in [0.2, 0.25) is 5.88 Å². The molecule has 0 atom stereocenters. The lowest BCUT2D eigenvalue weighted by Crippen LogP contribution is -2.19. The van der Waals surface area contributed by atoms with Crippen molar-refractivity contribution in [2.24, 2.45) is 0 Å². The van der Waals surface area contributed by atoms with Crippen LogP contribution >= 0.6 is 11.6 Å². The van der Waals surface area contributed by atoms with E-state index in [2.05, 4.69) is 25.6 Å². The van der Waals surface area contributed by atoms with Crippen LogP contribution in [0.3, 0.4) is 0 Å². The van der Waals surface area contributed by atoms with E-state index >= 15 is 0 Å². The van der Waals surface area contributed by atoms with E-state index in [1.165, 1.54) is 7.11 Å². The number of aromatic nitrogens is 4. The molecule has 4 aromatic rings. The number of imidazole rings is 1. The predicted molar refractivity (Wildman–Crippen MR) is 131 cm³/mol. The molecule has 0 unspecified atom stereocenters. The summed E-state index contributed by atoms with van der Waals surface area (Å²) >= 11 is 6.01. The van der Waals surface area contributed by atoms with E-state index in [0.717, 1.165) is 11.4 Å². The Morgan fingerprint density at radius 3 is 2.44 bits per heavy atom. The van der Waals surface area contributed by atoms with Crippen LogP contribution in [0.25, 0.3) is 5.82 Å². The van der Waals surface area contributed by atoms with Gasteiger partial charge in [0.05, 0.1) is 18.5 Å². The fourth-order valence-electron chi connectivity index (χ4n) is 3.22. The van der Waals surface area contributed by atoms with Crippen molar-refractivity contribution in [2.45, 2.75) is 20.8 Å². The first-order chi connectivity index (χ1) is 16.3. The molecule has 2 amide bonds. The molecule has 9 nitrogen and oxygen atoms in total. The Balaban J connectivity index is 1.44. The lowest BCUT2D eigenvalue weighted by atomic mass is 10.3. The van der Waals surface area contributed by atoms with Crippen molar-refractivity contribution in [1.82, 2.24) is 19.5 Å². The van der Waals surface area contributed by atoms with Gasteiger partial charge in [-0.3, -0.25) is 4.57 Å². The molecule has 2 N–H and O–H groups in total. The molecule has 4 rings (SSSR count). The number of nitrogens with one attached hydrogen (secondary N) is 2. The lowest BCUT2D eigenvalue weighted by Gasteiger charge is -2.12. The number of benzene rings is 2. The van der Waals surface area contributed by atoms with E-state index < -0.39 is 6.03 Å². The zero-order valence-electron chi connectivity index (χ0n) is 19.1. The fourth-order valence-corrected chi connectivity index (χ4v) is 3.39. The molecule has 0 aliphatic heterocycles. The molecule has 2 aromatic carbocycles. The molecule has 0 saturated heterocycles. The minimum atomic E-state index is -0.434. The van der Waals surface area contributed by atoms with Gasteiger partial charge in [0.25, 0.3) is 0 Å². The average Bonchev–Trinajstić information content (AvgIpc) is 3.13. The number of carbonyl (C=O) groups excluding carboxylic acids is 1. The summed E-state index contributed by atoms with van der Waals surface area (Å²) in [6.45, 7) is 5.72. The first-order valence-electron chi connectivity index (χ1n) is 10.4. The monoisotopic (exact) mass is 478 g/mol. The normalized spacial score (nSPS) is 10.6. The third kappa shape index (κ3) is 5.26. The number of aryl methyl sites for hydroxylation is 2. The Hall–Kier alpha value is -4.11. The molecule has 0 fully saturated rings. The summed E-state index contributed by atoms with van der Waals surface area (Å²) in [6, 6.07) is 13.2. The molecule has 0 saturated carbocycles. The Kier molecular flexibility index (Phi) is 6.65. The number of anilines is 2. The second kappa shape index (κ2) is 9.80. The Labute approximate surface area is 201 Å². The van der Waals surface area contributed by atoms with Gasteiger partial charge in [0.1, 0.15) is 29.5 Å². The smallest absolute Gasteiger partial charge is 0.323 e. The number of amides is 2. The SMILES string of the molecule is COc1ccc(Cl)cc1NC(=O)Nc1ccc(Oc2cc(-n3cnc(C)c3C)nc(C)n2)cc1. The van der Waals surface area contributed by atoms with Gasteiger partial charge in [-0.05, 0) is 63.2 Å². The van der Waals surface area contributed by atoms with Crippen molar-refractivity contribution in [3.8, 4) is 23.2 Å². The quantitative estimate of drug-likeness (QED) is 0.369. The van der Waals surface area contributed by atoms with Crippen LogP contribution in [0.1, 0.15) is 17.2 Å². The summed E-state index contributed by atoms with van der Waals surface area (Å²) in [4.78, 5) is 25.6. The van der Waals surface area contributed by atoms with Crippen molar-refractivity contribution < 1.29 is 14.3 Å². The standard InChI is InChI=1S/C24H23ClN6O3/c1-14-15(2)31(13-26-14)22-12-23(28-16(3)27-22)34-19-8-6-18(7-9-19)29-24(32)30-20-11-17(25)5-10-21(20)33-4/h5-13H,1-4H3,(H2,29,30,32). The molecular formula is C24H23ClN6O3. The highest BCUT2D eigenvalue weighted by Gasteiger charge is 2.11. The molecule has 0 spiro atoms. The molecule has 0 bridgehead atoms. The summed E-state index contributed by atoms with van der Waals surface area (Å²) in [5.74, 6) is 2.71. The predicted octanol–water partition coefficient (Wildman–Crippen LogP) is 5.69. The molecule has 34 heavy (non-hydrogen) atoms. The molecule has 0 radical (unpaired) electrons. The van der Waals surface area contributed by atoms with Crippen LogP contribution in [0, 0.1) is 20.8 Å². The second-order valence-corrected chi connectivity index (χ2v) is 7.88. The van der Waals surface area contributed by atoms with Gasteiger partial charge in [0, 0.05) is 22.5 Å². The fraction of sp³-hybridized carbons (Fsp3) is 0.167. The maximum absolute atomic E-state index is 12.4. The number of methoxy groups -OCH3 is 1. The van der Waals surface area contributed by atoms with Crippen LogP contribution in [-0.2, 0) is 0 Å². The van der Waals surface area contributed by atoms with Crippen molar-refractivity contribution in [2.75, 3.05) is 17.7 Å². The third-order valence-electron chi connectivity index (χ3n) is 5.04. The number of nitrogens with zero attached hydrogens (tertiary/aromatic N) is 4. The second-order valence-electron chi connectivity index (χ2n) is 7.45. The van der Waals surface area contributed by atoms with E-state index in [4.69, 9.17) is 21.1 Å². The summed E-state index contributed by atoms with van der Waals surface area (Å²) in [5.41, 5.74) is 2.97. The first kappa shape index (κ1) is 23.1. The van der Waals surface area contributed by atoms with Gasteiger partial charge in [-0.15, -0.1) is 0 Å². The van der Waals surface area contributed by atoms with Crippen LogP contribution < -0.4 is 20.1 Å². The van der Waals surface area contributed by atoms with Crippen LogP contribution in [-0.4, -0.2) is 32.7 Å². The van der Waals surface area contributed by atoms with E-state index in [9.17, 15) is 4.79 Å². The molecular weight excluding hydrogens is 456 g/mol. The van der Waals surface area contributed by atoms with Gasteiger partial charge >= 0.3 is 6.03 Å². The largest absolute Gasteiger partial charge is 0.495 e. The summed E-state index contributed by atoms with van der Waals surface area (Å²) in [5, 5.41) is 5.97. The lowest BCUT2D eigenvalue weighted by molar-refractivity contribution is 0.262. The van der Waals surface area contributed by atoms with Gasteiger partial charge in [-0.1, -0.05) is 11.6 Å². The number of ether oxygens (including phenoxy) is 2. The Morgan fingerprint density at radius 2 is 1.76 bits per heavy atom. The number of halogens is 1. The van der Waals surface area contributed by atoms with E-state index in [1.54, 1.807) is 61.8 Å². The van der Waals surface area contributed by atoms with E-state index in [1.807, 2.05) is 18.4 Å². The number of hydrogen-bond acceptors (Lipinski definition) is 6. The van der Waals surface area contributed by atoms with Crippen LogP contribution in [0.5, 0.6) is 17.4 Å². The highest BCUT2D eigenvalue weighted by molar-refractivity contribution is 6.31. The maximum atomic E-state index is 12.4. The van der Waals surface area contributed by atoms with Gasteiger partial charge in [-0.25, -0.2) is 14.8 Å². The summed E-state index contributed by atoms with van der Waals surface area (Å²) < 4.78 is 13.1. The van der Waals surface area contributed by atoms with Crippen molar-refractivity contribution in [3.63, 3.8) is 0 Å². The molecule has 0 aliphatic carbocycles. The molecule has 10 heteroatoms. The molecule has 174 valence electrons. The van der Waals surface area contributed by atoms with Crippen molar-refractivity contribution >= 4 is 29.0 Å². The molecule has 2 heterocycles. The number of rotatable bonds is 6. The van der Waals surface area contributed by atoms with Gasteiger partial charge in [-0.2, -0.15) is 4.98 Å². The van der Waals surface area contributed by atoms with E-state index in [-0.39, 0.29) is 0 Å². The zero-order chi connectivity index (χ0) is 24.2. The Morgan fingerprint density at radius 1 is 1.00 bits per heavy atom. The third-order valence-corrected chi connectivity index (χ3v) is 5.28. The van der Waals surface area contributed by atoms with Crippen LogP contribution in [0.2, 0.25) is 5.02 Å². The maximum Gasteiger partial charge on any atom is 0.323 e. The number of urea groups is 1. The van der Waals surface area contributed by atoms with Crippen molar-refractivity contribution in [1.29, 1.82) is 0 Å². The Bertz CT molecular complexity index is 1340.